The highest BCUT2D eigenvalue weighted by Gasteiger charge is 2.27. The molecular weight excluding hydrogens is 347 g/mol. The molecule has 1 atom stereocenters. The molecule has 1 aliphatic heterocycles. The first kappa shape index (κ1) is 19.4. The molecule has 3 rings (SSSR count). The van der Waals surface area contributed by atoms with Gasteiger partial charge in [-0.1, -0.05) is 6.07 Å². The highest BCUT2D eigenvalue weighted by molar-refractivity contribution is 5.78. The predicted octanol–water partition coefficient (Wildman–Crippen LogP) is 2.37. The number of rotatable bonds is 7. The van der Waals surface area contributed by atoms with Crippen LogP contribution in [-0.4, -0.2) is 65.6 Å². The molecule has 27 heavy (non-hydrogen) atoms. The number of likely N-dealkylation sites (tertiary alicyclic amines) is 1. The molecule has 7 heteroatoms. The number of imidazole rings is 1. The van der Waals surface area contributed by atoms with Gasteiger partial charge in [0.2, 0.25) is 0 Å². The zero-order valence-corrected chi connectivity index (χ0v) is 16.0. The molecule has 0 saturated carbocycles. The van der Waals surface area contributed by atoms with Gasteiger partial charge in [0.15, 0.2) is 6.61 Å². The van der Waals surface area contributed by atoms with Gasteiger partial charge in [0.05, 0.1) is 0 Å². The lowest BCUT2D eigenvalue weighted by Gasteiger charge is -2.32. The number of carbonyl (C=O) groups excluding carboxylic acids is 1. The van der Waals surface area contributed by atoms with E-state index in [1.165, 1.54) is 12.1 Å². The van der Waals surface area contributed by atoms with Crippen LogP contribution in [0.5, 0.6) is 5.75 Å². The Balaban J connectivity index is 1.57. The zero-order chi connectivity index (χ0) is 19.2. The summed E-state index contributed by atoms with van der Waals surface area (Å²) in [4.78, 5) is 21.1. The van der Waals surface area contributed by atoms with Crippen LogP contribution < -0.4 is 4.74 Å². The van der Waals surface area contributed by atoms with Gasteiger partial charge in [-0.3, -0.25) is 4.79 Å². The van der Waals surface area contributed by atoms with Crippen molar-refractivity contribution in [3.63, 3.8) is 0 Å². The molecule has 1 aromatic carbocycles. The lowest BCUT2D eigenvalue weighted by molar-refractivity contribution is -0.134. The molecule has 1 aromatic heterocycles. The number of benzene rings is 1. The van der Waals surface area contributed by atoms with Gasteiger partial charge in [-0.05, 0) is 39.1 Å². The van der Waals surface area contributed by atoms with Crippen LogP contribution in [-0.2, 0) is 11.3 Å². The van der Waals surface area contributed by atoms with Crippen molar-refractivity contribution in [3.05, 3.63) is 48.3 Å². The number of amides is 1. The standard InChI is InChI=1S/C20H27FN4O2/c1-23(2)11-12-24-10-8-22-20(24)16-5-4-9-25(14-16)19(26)15-27-18-7-3-6-17(21)13-18/h3,6-8,10,13,16H,4-5,9,11-12,14-15H2,1-2H3. The molecular formula is C20H27FN4O2. The minimum Gasteiger partial charge on any atom is -0.484 e. The van der Waals surface area contributed by atoms with E-state index in [1.54, 1.807) is 12.1 Å². The third-order valence-corrected chi connectivity index (χ3v) is 4.83. The van der Waals surface area contributed by atoms with Gasteiger partial charge in [0, 0.05) is 50.6 Å². The van der Waals surface area contributed by atoms with Gasteiger partial charge in [0.1, 0.15) is 17.4 Å². The zero-order valence-electron chi connectivity index (χ0n) is 16.0. The third kappa shape index (κ3) is 5.29. The second-order valence-corrected chi connectivity index (χ2v) is 7.21. The number of halogens is 1. The first-order valence-electron chi connectivity index (χ1n) is 9.35. The van der Waals surface area contributed by atoms with Gasteiger partial charge in [0.25, 0.3) is 5.91 Å². The Hall–Kier alpha value is -2.41. The van der Waals surface area contributed by atoms with Crippen molar-refractivity contribution < 1.29 is 13.9 Å². The van der Waals surface area contributed by atoms with Crippen molar-refractivity contribution in [2.45, 2.75) is 25.3 Å². The number of aromatic nitrogens is 2. The van der Waals surface area contributed by atoms with E-state index in [9.17, 15) is 9.18 Å². The first-order valence-corrected chi connectivity index (χ1v) is 9.35. The van der Waals surface area contributed by atoms with Crippen LogP contribution in [0.15, 0.2) is 36.7 Å². The molecule has 1 fully saturated rings. The number of carbonyl (C=O) groups is 1. The predicted molar refractivity (Wildman–Crippen MR) is 101 cm³/mol. The van der Waals surface area contributed by atoms with E-state index in [0.29, 0.717) is 12.3 Å². The molecule has 6 nitrogen and oxygen atoms in total. The molecule has 0 spiro atoms. The number of nitrogens with zero attached hydrogens (tertiary/aromatic N) is 4. The Labute approximate surface area is 159 Å². The number of ether oxygens (including phenoxy) is 1. The summed E-state index contributed by atoms with van der Waals surface area (Å²) in [6, 6.07) is 5.85. The largest absolute Gasteiger partial charge is 0.484 e. The van der Waals surface area contributed by atoms with Crippen LogP contribution in [0, 0.1) is 5.82 Å². The summed E-state index contributed by atoms with van der Waals surface area (Å²) in [5.41, 5.74) is 0. The second kappa shape index (κ2) is 8.99. The SMILES string of the molecule is CN(C)CCn1ccnc1C1CCCN(C(=O)COc2cccc(F)c2)C1. The maximum absolute atomic E-state index is 13.2. The summed E-state index contributed by atoms with van der Waals surface area (Å²) in [5, 5.41) is 0. The van der Waals surface area contributed by atoms with Gasteiger partial charge in [-0.25, -0.2) is 9.37 Å². The number of hydrogen-bond donors (Lipinski definition) is 0. The molecule has 1 unspecified atom stereocenters. The highest BCUT2D eigenvalue weighted by Crippen LogP contribution is 2.26. The second-order valence-electron chi connectivity index (χ2n) is 7.21. The van der Waals surface area contributed by atoms with Gasteiger partial charge in [-0.2, -0.15) is 0 Å². The lowest BCUT2D eigenvalue weighted by Crippen LogP contribution is -2.42. The Morgan fingerprint density at radius 2 is 2.26 bits per heavy atom. The molecule has 146 valence electrons. The van der Waals surface area contributed by atoms with E-state index in [-0.39, 0.29) is 24.2 Å². The summed E-state index contributed by atoms with van der Waals surface area (Å²) in [7, 11) is 4.10. The summed E-state index contributed by atoms with van der Waals surface area (Å²) in [6.45, 7) is 3.12. The van der Waals surface area contributed by atoms with Crippen LogP contribution in [0.2, 0.25) is 0 Å². The molecule has 1 amide bonds. The monoisotopic (exact) mass is 374 g/mol. The molecule has 0 bridgehead atoms. The summed E-state index contributed by atoms with van der Waals surface area (Å²) in [5.74, 6) is 1.20. The molecule has 2 aromatic rings. The average Bonchev–Trinajstić information content (AvgIpc) is 3.13. The fraction of sp³-hybridized carbons (Fsp3) is 0.500. The van der Waals surface area contributed by atoms with Crippen molar-refractivity contribution in [2.75, 3.05) is 40.3 Å². The number of piperidine rings is 1. The fourth-order valence-corrected chi connectivity index (χ4v) is 3.38. The molecule has 0 N–H and O–H groups in total. The molecule has 0 aliphatic carbocycles. The van der Waals surface area contributed by atoms with Crippen molar-refractivity contribution in [3.8, 4) is 5.75 Å². The number of likely N-dealkylation sites (N-methyl/N-ethyl adjacent to an activating group) is 1. The maximum atomic E-state index is 13.2. The summed E-state index contributed by atoms with van der Waals surface area (Å²) in [6.07, 6.45) is 5.80. The lowest BCUT2D eigenvalue weighted by atomic mass is 9.97. The fourth-order valence-electron chi connectivity index (χ4n) is 3.38. The topological polar surface area (TPSA) is 50.6 Å². The van der Waals surface area contributed by atoms with E-state index in [4.69, 9.17) is 4.74 Å². The smallest absolute Gasteiger partial charge is 0.260 e. The molecule has 2 heterocycles. The first-order chi connectivity index (χ1) is 13.0. The van der Waals surface area contributed by atoms with Crippen LogP contribution in [0.25, 0.3) is 0 Å². The average molecular weight is 374 g/mol. The maximum Gasteiger partial charge on any atom is 0.260 e. The van der Waals surface area contributed by atoms with E-state index >= 15 is 0 Å². The summed E-state index contributed by atoms with van der Waals surface area (Å²) >= 11 is 0. The van der Waals surface area contributed by atoms with E-state index in [1.807, 2.05) is 17.3 Å². The van der Waals surface area contributed by atoms with Gasteiger partial charge >= 0.3 is 0 Å². The van der Waals surface area contributed by atoms with Crippen molar-refractivity contribution in [1.82, 2.24) is 19.4 Å². The highest BCUT2D eigenvalue weighted by atomic mass is 19.1. The van der Waals surface area contributed by atoms with Crippen LogP contribution in [0.4, 0.5) is 4.39 Å². The Kier molecular flexibility index (Phi) is 6.45. The van der Waals surface area contributed by atoms with Crippen molar-refractivity contribution >= 4 is 5.91 Å². The summed E-state index contributed by atoms with van der Waals surface area (Å²) < 4.78 is 20.9. The van der Waals surface area contributed by atoms with E-state index in [2.05, 4.69) is 28.5 Å². The quantitative estimate of drug-likeness (QED) is 0.747. The van der Waals surface area contributed by atoms with Crippen LogP contribution >= 0.6 is 0 Å². The Bertz CT molecular complexity index is 762. The van der Waals surface area contributed by atoms with E-state index in [0.717, 1.165) is 38.3 Å². The van der Waals surface area contributed by atoms with Crippen molar-refractivity contribution in [1.29, 1.82) is 0 Å². The van der Waals surface area contributed by atoms with Gasteiger partial charge in [-0.15, -0.1) is 0 Å². The Morgan fingerprint density at radius 1 is 1.41 bits per heavy atom. The molecule has 1 aliphatic rings. The van der Waals surface area contributed by atoms with Crippen LogP contribution in [0.3, 0.4) is 0 Å². The van der Waals surface area contributed by atoms with Crippen LogP contribution in [0.1, 0.15) is 24.6 Å². The normalized spacial score (nSPS) is 17.3. The van der Waals surface area contributed by atoms with Crippen molar-refractivity contribution in [2.24, 2.45) is 0 Å². The minimum atomic E-state index is -0.373. The molecule has 0 radical (unpaired) electrons. The third-order valence-electron chi connectivity index (χ3n) is 4.83. The minimum absolute atomic E-state index is 0.0737. The Morgan fingerprint density at radius 3 is 3.04 bits per heavy atom. The van der Waals surface area contributed by atoms with E-state index < -0.39 is 0 Å². The number of hydrogen-bond acceptors (Lipinski definition) is 4. The molecule has 1 saturated heterocycles. The van der Waals surface area contributed by atoms with Gasteiger partial charge < -0.3 is 19.1 Å².